The molecule has 0 aromatic heterocycles. The first kappa shape index (κ1) is 19.2. The number of benzene rings is 1. The highest BCUT2D eigenvalue weighted by molar-refractivity contribution is 5.95. The zero-order valence-electron chi connectivity index (χ0n) is 12.4. The largest absolute Gasteiger partial charge is 0.497 e. The highest BCUT2D eigenvalue weighted by atomic mass is 35.5. The lowest BCUT2D eigenvalue weighted by atomic mass is 10.1. The summed E-state index contributed by atoms with van der Waals surface area (Å²) in [5, 5.41) is 5.17. The lowest BCUT2D eigenvalue weighted by Gasteiger charge is -2.15. The lowest BCUT2D eigenvalue weighted by Crippen LogP contribution is -2.46. The first-order valence-corrected chi connectivity index (χ1v) is 6.41. The predicted molar refractivity (Wildman–Crippen MR) is 84.7 cm³/mol. The Kier molecular flexibility index (Phi) is 8.42. The maximum Gasteiger partial charge on any atom is 0.243 e. The summed E-state index contributed by atoms with van der Waals surface area (Å²) in [4.78, 5) is 23.3. The Morgan fingerprint density at radius 1 is 1.33 bits per heavy atom. The number of anilines is 1. The number of carbonyl (C=O) groups excluding carboxylic acids is 2. The van der Waals surface area contributed by atoms with Gasteiger partial charge in [-0.2, -0.15) is 0 Å². The van der Waals surface area contributed by atoms with Gasteiger partial charge in [0, 0.05) is 11.8 Å². The zero-order valence-corrected chi connectivity index (χ0v) is 13.2. The summed E-state index contributed by atoms with van der Waals surface area (Å²) >= 11 is 0. The van der Waals surface area contributed by atoms with Crippen LogP contribution < -0.4 is 21.1 Å². The number of amides is 2. The Balaban J connectivity index is 0.00000400. The van der Waals surface area contributed by atoms with Crippen LogP contribution in [0.2, 0.25) is 0 Å². The number of hydrogen-bond donors (Lipinski definition) is 3. The zero-order chi connectivity index (χ0) is 15.1. The van der Waals surface area contributed by atoms with E-state index in [1.165, 1.54) is 0 Å². The van der Waals surface area contributed by atoms with Gasteiger partial charge in [-0.1, -0.05) is 19.9 Å². The van der Waals surface area contributed by atoms with Gasteiger partial charge in [-0.25, -0.2) is 0 Å². The molecule has 0 unspecified atom stereocenters. The van der Waals surface area contributed by atoms with Crippen molar-refractivity contribution in [2.75, 3.05) is 19.0 Å². The van der Waals surface area contributed by atoms with E-state index in [-0.39, 0.29) is 36.7 Å². The Bertz CT molecular complexity index is 480. The standard InChI is InChI=1S/C14H21N3O3.ClH/c1-9(2)13(15)14(19)16-8-12(18)17-10-5-4-6-11(7-10)20-3;/h4-7,9,13H,8,15H2,1-3H3,(H,16,19)(H,17,18);1H/t13-;/m0./s1. The van der Waals surface area contributed by atoms with E-state index < -0.39 is 6.04 Å². The van der Waals surface area contributed by atoms with Crippen molar-refractivity contribution in [2.24, 2.45) is 11.7 Å². The second-order valence-corrected chi connectivity index (χ2v) is 4.77. The highest BCUT2D eigenvalue weighted by Crippen LogP contribution is 2.16. The van der Waals surface area contributed by atoms with Crippen LogP contribution in [0.3, 0.4) is 0 Å². The molecule has 6 nitrogen and oxygen atoms in total. The fourth-order valence-corrected chi connectivity index (χ4v) is 1.49. The molecule has 0 saturated carbocycles. The molecule has 0 aliphatic carbocycles. The van der Waals surface area contributed by atoms with E-state index in [9.17, 15) is 9.59 Å². The third-order valence-electron chi connectivity index (χ3n) is 2.80. The molecular formula is C14H22ClN3O3. The van der Waals surface area contributed by atoms with Gasteiger partial charge in [0.2, 0.25) is 11.8 Å². The molecule has 0 bridgehead atoms. The van der Waals surface area contributed by atoms with E-state index in [2.05, 4.69) is 10.6 Å². The molecule has 1 aromatic carbocycles. The number of nitrogens with one attached hydrogen (secondary N) is 2. The molecule has 118 valence electrons. The van der Waals surface area contributed by atoms with Crippen molar-refractivity contribution < 1.29 is 14.3 Å². The summed E-state index contributed by atoms with van der Waals surface area (Å²) in [5.41, 5.74) is 6.28. The maximum absolute atomic E-state index is 11.7. The molecule has 1 atom stereocenters. The van der Waals surface area contributed by atoms with Crippen molar-refractivity contribution >= 4 is 29.9 Å². The second kappa shape index (κ2) is 9.20. The number of hydrogen-bond acceptors (Lipinski definition) is 4. The smallest absolute Gasteiger partial charge is 0.243 e. The Morgan fingerprint density at radius 2 is 2.00 bits per heavy atom. The van der Waals surface area contributed by atoms with Gasteiger partial charge in [0.15, 0.2) is 0 Å². The van der Waals surface area contributed by atoms with Crippen LogP contribution >= 0.6 is 12.4 Å². The molecule has 0 saturated heterocycles. The number of nitrogens with two attached hydrogens (primary N) is 1. The number of rotatable bonds is 6. The van der Waals surface area contributed by atoms with E-state index in [1.54, 1.807) is 31.4 Å². The molecule has 0 spiro atoms. The molecule has 4 N–H and O–H groups in total. The van der Waals surface area contributed by atoms with Crippen LogP contribution in [0.15, 0.2) is 24.3 Å². The molecule has 2 amide bonds. The highest BCUT2D eigenvalue weighted by Gasteiger charge is 2.17. The van der Waals surface area contributed by atoms with E-state index in [1.807, 2.05) is 13.8 Å². The molecule has 7 heteroatoms. The van der Waals surface area contributed by atoms with Gasteiger partial charge in [-0.15, -0.1) is 12.4 Å². The number of ether oxygens (including phenoxy) is 1. The van der Waals surface area contributed by atoms with E-state index >= 15 is 0 Å². The van der Waals surface area contributed by atoms with Crippen LogP contribution in [0.1, 0.15) is 13.8 Å². The molecule has 0 radical (unpaired) electrons. The molecule has 1 rings (SSSR count). The summed E-state index contributed by atoms with van der Waals surface area (Å²) in [5.74, 6) is 0.0217. The van der Waals surface area contributed by atoms with Gasteiger partial charge < -0.3 is 21.1 Å². The topological polar surface area (TPSA) is 93.5 Å². The van der Waals surface area contributed by atoms with E-state index in [4.69, 9.17) is 10.5 Å². The van der Waals surface area contributed by atoms with Gasteiger partial charge in [0.25, 0.3) is 0 Å². The average Bonchev–Trinajstić information content (AvgIpc) is 2.43. The van der Waals surface area contributed by atoms with Crippen LogP contribution in [-0.2, 0) is 9.59 Å². The van der Waals surface area contributed by atoms with Crippen LogP contribution in [-0.4, -0.2) is 31.5 Å². The van der Waals surface area contributed by atoms with Gasteiger partial charge in [0.1, 0.15) is 5.75 Å². The van der Waals surface area contributed by atoms with Crippen molar-refractivity contribution in [3.8, 4) is 5.75 Å². The number of carbonyl (C=O) groups is 2. The monoisotopic (exact) mass is 315 g/mol. The number of methoxy groups -OCH3 is 1. The second-order valence-electron chi connectivity index (χ2n) is 4.77. The molecule has 0 fully saturated rings. The first-order valence-electron chi connectivity index (χ1n) is 6.41. The number of halogens is 1. The quantitative estimate of drug-likeness (QED) is 0.734. The van der Waals surface area contributed by atoms with Gasteiger partial charge >= 0.3 is 0 Å². The van der Waals surface area contributed by atoms with Gasteiger partial charge in [-0.05, 0) is 18.1 Å². The minimum absolute atomic E-state index is 0. The summed E-state index contributed by atoms with van der Waals surface area (Å²) in [7, 11) is 1.55. The first-order chi connectivity index (χ1) is 9.43. The normalized spacial score (nSPS) is 11.3. The van der Waals surface area contributed by atoms with Crippen molar-refractivity contribution in [3.05, 3.63) is 24.3 Å². The molecule has 0 aliphatic rings. The molecular weight excluding hydrogens is 294 g/mol. The molecule has 21 heavy (non-hydrogen) atoms. The van der Waals surface area contributed by atoms with E-state index in [0.29, 0.717) is 11.4 Å². The predicted octanol–water partition coefficient (Wildman–Crippen LogP) is 1.16. The van der Waals surface area contributed by atoms with Gasteiger partial charge in [0.05, 0.1) is 19.7 Å². The summed E-state index contributed by atoms with van der Waals surface area (Å²) in [6, 6.07) is 6.36. The van der Waals surface area contributed by atoms with Crippen molar-refractivity contribution in [2.45, 2.75) is 19.9 Å². The maximum atomic E-state index is 11.7. The fourth-order valence-electron chi connectivity index (χ4n) is 1.49. The van der Waals surface area contributed by atoms with Crippen LogP contribution in [0.25, 0.3) is 0 Å². The third-order valence-corrected chi connectivity index (χ3v) is 2.80. The Hall–Kier alpha value is -1.79. The SMILES string of the molecule is COc1cccc(NC(=O)CNC(=O)[C@@H](N)C(C)C)c1.Cl. The van der Waals surface area contributed by atoms with Crippen molar-refractivity contribution in [1.82, 2.24) is 5.32 Å². The molecule has 1 aromatic rings. The van der Waals surface area contributed by atoms with E-state index in [0.717, 1.165) is 0 Å². The van der Waals surface area contributed by atoms with Crippen LogP contribution in [0.5, 0.6) is 5.75 Å². The molecule has 0 aliphatic heterocycles. The third kappa shape index (κ3) is 6.46. The fraction of sp³-hybridized carbons (Fsp3) is 0.429. The minimum Gasteiger partial charge on any atom is -0.497 e. The van der Waals surface area contributed by atoms with Crippen molar-refractivity contribution in [3.63, 3.8) is 0 Å². The average molecular weight is 316 g/mol. The Labute approximate surface area is 130 Å². The minimum atomic E-state index is -0.611. The molecule has 0 heterocycles. The lowest BCUT2D eigenvalue weighted by molar-refractivity contribution is -0.125. The van der Waals surface area contributed by atoms with Crippen molar-refractivity contribution in [1.29, 1.82) is 0 Å². The Morgan fingerprint density at radius 3 is 2.57 bits per heavy atom. The van der Waals surface area contributed by atoms with Gasteiger partial charge in [-0.3, -0.25) is 9.59 Å². The summed E-state index contributed by atoms with van der Waals surface area (Å²) < 4.78 is 5.05. The van der Waals surface area contributed by atoms with Crippen LogP contribution in [0.4, 0.5) is 5.69 Å². The summed E-state index contributed by atoms with van der Waals surface area (Å²) in [6.07, 6.45) is 0. The summed E-state index contributed by atoms with van der Waals surface area (Å²) in [6.45, 7) is 3.58. The van der Waals surface area contributed by atoms with Crippen LogP contribution in [0, 0.1) is 5.92 Å².